The molecule has 0 spiro atoms. The van der Waals surface area contributed by atoms with Crippen LogP contribution in [0.1, 0.15) is 23.1 Å². The molecule has 0 saturated heterocycles. The van der Waals surface area contributed by atoms with E-state index in [1.807, 2.05) is 0 Å². The zero-order chi connectivity index (χ0) is 8.97. The van der Waals surface area contributed by atoms with Crippen molar-refractivity contribution in [1.29, 1.82) is 0 Å². The molecule has 4 nitrogen and oxygen atoms in total. The fourth-order valence-electron chi connectivity index (χ4n) is 0.670. The SMILES string of the molecule is C=Cc1nsnc1C(=O)OCC. The van der Waals surface area contributed by atoms with Crippen molar-refractivity contribution in [2.75, 3.05) is 6.61 Å². The third-order valence-electron chi connectivity index (χ3n) is 1.18. The second-order valence-corrected chi connectivity index (χ2v) is 2.45. The summed E-state index contributed by atoms with van der Waals surface area (Å²) in [6.45, 7) is 5.58. The van der Waals surface area contributed by atoms with Crippen LogP contribution in [0.5, 0.6) is 0 Å². The Morgan fingerprint density at radius 2 is 2.50 bits per heavy atom. The van der Waals surface area contributed by atoms with Crippen molar-refractivity contribution in [3.63, 3.8) is 0 Å². The highest BCUT2D eigenvalue weighted by Gasteiger charge is 2.14. The maximum absolute atomic E-state index is 11.1. The van der Waals surface area contributed by atoms with Crippen LogP contribution < -0.4 is 0 Å². The van der Waals surface area contributed by atoms with Gasteiger partial charge in [-0.2, -0.15) is 8.75 Å². The summed E-state index contributed by atoms with van der Waals surface area (Å²) in [6, 6.07) is 0. The monoisotopic (exact) mass is 184 g/mol. The molecule has 64 valence electrons. The molecule has 0 amide bonds. The zero-order valence-corrected chi connectivity index (χ0v) is 7.43. The Bertz CT molecular complexity index is 295. The zero-order valence-electron chi connectivity index (χ0n) is 6.61. The summed E-state index contributed by atoms with van der Waals surface area (Å²) in [5.74, 6) is -0.443. The van der Waals surface area contributed by atoms with Crippen molar-refractivity contribution in [3.8, 4) is 0 Å². The van der Waals surface area contributed by atoms with Gasteiger partial charge in [0.15, 0.2) is 5.69 Å². The highest BCUT2D eigenvalue weighted by molar-refractivity contribution is 6.99. The van der Waals surface area contributed by atoms with E-state index in [1.165, 1.54) is 6.08 Å². The first-order valence-electron chi connectivity index (χ1n) is 3.41. The van der Waals surface area contributed by atoms with Gasteiger partial charge in [0.05, 0.1) is 18.3 Å². The lowest BCUT2D eigenvalue weighted by atomic mass is 10.3. The molecule has 0 unspecified atom stereocenters. The largest absolute Gasteiger partial charge is 0.461 e. The van der Waals surface area contributed by atoms with Crippen molar-refractivity contribution >= 4 is 23.8 Å². The van der Waals surface area contributed by atoms with Gasteiger partial charge in [-0.25, -0.2) is 4.79 Å². The summed E-state index contributed by atoms with van der Waals surface area (Å²) in [7, 11) is 0. The van der Waals surface area contributed by atoms with Crippen LogP contribution in [0, 0.1) is 0 Å². The Morgan fingerprint density at radius 1 is 1.75 bits per heavy atom. The molecule has 1 rings (SSSR count). The molecule has 0 radical (unpaired) electrons. The van der Waals surface area contributed by atoms with Gasteiger partial charge >= 0.3 is 5.97 Å². The van der Waals surface area contributed by atoms with Crippen molar-refractivity contribution in [2.24, 2.45) is 0 Å². The summed E-state index contributed by atoms with van der Waals surface area (Å²) < 4.78 is 12.4. The highest BCUT2D eigenvalue weighted by atomic mass is 32.1. The first-order chi connectivity index (χ1) is 5.79. The first-order valence-corrected chi connectivity index (χ1v) is 4.14. The van der Waals surface area contributed by atoms with Crippen LogP contribution in [0.2, 0.25) is 0 Å². The molecule has 1 heterocycles. The van der Waals surface area contributed by atoms with Crippen LogP contribution >= 0.6 is 11.7 Å². The number of esters is 1. The number of aromatic nitrogens is 2. The number of carbonyl (C=O) groups excluding carboxylic acids is 1. The van der Waals surface area contributed by atoms with E-state index in [9.17, 15) is 4.79 Å². The van der Waals surface area contributed by atoms with Crippen molar-refractivity contribution in [1.82, 2.24) is 8.75 Å². The molecule has 0 fully saturated rings. The molecule has 5 heteroatoms. The molecule has 0 saturated carbocycles. The van der Waals surface area contributed by atoms with Gasteiger partial charge in [-0.3, -0.25) is 0 Å². The maximum atomic E-state index is 11.1. The van der Waals surface area contributed by atoms with E-state index in [2.05, 4.69) is 15.3 Å². The van der Waals surface area contributed by atoms with E-state index in [0.717, 1.165) is 11.7 Å². The lowest BCUT2D eigenvalue weighted by Gasteiger charge is -1.96. The van der Waals surface area contributed by atoms with Gasteiger partial charge in [0, 0.05) is 0 Å². The average molecular weight is 184 g/mol. The molecular weight excluding hydrogens is 176 g/mol. The van der Waals surface area contributed by atoms with E-state index in [0.29, 0.717) is 12.3 Å². The first kappa shape index (κ1) is 8.86. The van der Waals surface area contributed by atoms with E-state index >= 15 is 0 Å². The number of nitrogens with zero attached hydrogens (tertiary/aromatic N) is 2. The fourth-order valence-corrected chi connectivity index (χ4v) is 1.21. The Labute approximate surface area is 74.2 Å². The van der Waals surface area contributed by atoms with Crippen LogP contribution in [-0.2, 0) is 4.74 Å². The molecule has 0 aliphatic carbocycles. The predicted molar refractivity (Wildman–Crippen MR) is 46.0 cm³/mol. The molecule has 1 aromatic heterocycles. The van der Waals surface area contributed by atoms with Crippen molar-refractivity contribution < 1.29 is 9.53 Å². The summed E-state index contributed by atoms with van der Waals surface area (Å²) in [6.07, 6.45) is 1.48. The van der Waals surface area contributed by atoms with Crippen LogP contribution in [0.25, 0.3) is 6.08 Å². The normalized spacial score (nSPS) is 9.42. The van der Waals surface area contributed by atoms with Crippen LogP contribution in [0.15, 0.2) is 6.58 Å². The van der Waals surface area contributed by atoms with E-state index in [1.54, 1.807) is 6.92 Å². The summed E-state index contributed by atoms with van der Waals surface area (Å²) in [4.78, 5) is 11.1. The molecule has 12 heavy (non-hydrogen) atoms. The molecule has 0 atom stereocenters. The van der Waals surface area contributed by atoms with Gasteiger partial charge in [-0.15, -0.1) is 0 Å². The topological polar surface area (TPSA) is 52.1 Å². The number of hydrogen-bond donors (Lipinski definition) is 0. The van der Waals surface area contributed by atoms with Gasteiger partial charge in [-0.1, -0.05) is 6.58 Å². The summed E-state index contributed by atoms with van der Waals surface area (Å²) in [5, 5.41) is 0. The second kappa shape index (κ2) is 3.96. The fraction of sp³-hybridized carbons (Fsp3) is 0.286. The lowest BCUT2D eigenvalue weighted by molar-refractivity contribution is 0.0520. The number of rotatable bonds is 3. The molecule has 0 bridgehead atoms. The van der Waals surface area contributed by atoms with Gasteiger partial charge in [0.2, 0.25) is 0 Å². The van der Waals surface area contributed by atoms with Crippen LogP contribution in [0.3, 0.4) is 0 Å². The van der Waals surface area contributed by atoms with Gasteiger partial charge in [0.25, 0.3) is 0 Å². The Balaban J connectivity index is 2.86. The molecule has 0 aliphatic rings. The number of ether oxygens (including phenoxy) is 1. The maximum Gasteiger partial charge on any atom is 0.360 e. The Kier molecular flexibility index (Phi) is 2.93. The van der Waals surface area contributed by atoms with E-state index in [4.69, 9.17) is 4.74 Å². The third-order valence-corrected chi connectivity index (χ3v) is 1.72. The molecular formula is C7H8N2O2S. The second-order valence-electron chi connectivity index (χ2n) is 1.92. The highest BCUT2D eigenvalue weighted by Crippen LogP contribution is 2.08. The summed E-state index contributed by atoms with van der Waals surface area (Å²) >= 11 is 0.973. The molecule has 0 N–H and O–H groups in total. The summed E-state index contributed by atoms with van der Waals surface area (Å²) in [5.41, 5.74) is 0.732. The smallest absolute Gasteiger partial charge is 0.360 e. The average Bonchev–Trinajstić information content (AvgIpc) is 2.51. The van der Waals surface area contributed by atoms with Crippen LogP contribution in [-0.4, -0.2) is 21.3 Å². The molecule has 0 aliphatic heterocycles. The Morgan fingerprint density at radius 3 is 3.08 bits per heavy atom. The number of hydrogen-bond acceptors (Lipinski definition) is 5. The molecule has 0 aromatic carbocycles. The third kappa shape index (κ3) is 1.68. The van der Waals surface area contributed by atoms with Gasteiger partial charge in [-0.05, 0) is 13.0 Å². The van der Waals surface area contributed by atoms with Crippen molar-refractivity contribution in [3.05, 3.63) is 18.0 Å². The quantitative estimate of drug-likeness (QED) is 0.665. The minimum Gasteiger partial charge on any atom is -0.461 e. The standard InChI is InChI=1S/C7H8N2O2S/c1-3-5-6(9-12-8-5)7(10)11-4-2/h3H,1,4H2,2H3. The van der Waals surface area contributed by atoms with Gasteiger partial charge < -0.3 is 4.74 Å². The van der Waals surface area contributed by atoms with E-state index < -0.39 is 5.97 Å². The molecule has 1 aromatic rings. The van der Waals surface area contributed by atoms with Crippen molar-refractivity contribution in [2.45, 2.75) is 6.92 Å². The predicted octanol–water partition coefficient (Wildman–Crippen LogP) is 1.36. The van der Waals surface area contributed by atoms with Gasteiger partial charge in [0.1, 0.15) is 5.69 Å². The number of carbonyl (C=O) groups is 1. The van der Waals surface area contributed by atoms with Crippen LogP contribution in [0.4, 0.5) is 0 Å². The minimum atomic E-state index is -0.443. The van der Waals surface area contributed by atoms with E-state index in [-0.39, 0.29) is 5.69 Å². The minimum absolute atomic E-state index is 0.247. The Hall–Kier alpha value is -1.23. The lowest BCUT2D eigenvalue weighted by Crippen LogP contribution is -2.06.